The first-order chi connectivity index (χ1) is 11.9. The minimum atomic E-state index is -0.676. The first-order valence-electron chi connectivity index (χ1n) is 7.31. The van der Waals surface area contributed by atoms with E-state index in [1.54, 1.807) is 12.1 Å². The van der Waals surface area contributed by atoms with Crippen LogP contribution in [0.25, 0.3) is 0 Å². The van der Waals surface area contributed by atoms with Gasteiger partial charge in [-0.1, -0.05) is 11.6 Å². The number of esters is 2. The number of hydrogen-bond acceptors (Lipinski definition) is 7. The van der Waals surface area contributed by atoms with Gasteiger partial charge in [-0.3, -0.25) is 0 Å². The minimum absolute atomic E-state index is 0.0433. The molecule has 136 valence electrons. The number of rotatable bonds is 5. The molecule has 1 aromatic carbocycles. The highest BCUT2D eigenvalue weighted by Gasteiger charge is 2.33. The summed E-state index contributed by atoms with van der Waals surface area (Å²) in [5.74, 6) is -0.853. The lowest BCUT2D eigenvalue weighted by Crippen LogP contribution is -2.38. The summed E-state index contributed by atoms with van der Waals surface area (Å²) in [6, 6.07) is 3.33. The van der Waals surface area contributed by atoms with Crippen LogP contribution in [-0.4, -0.2) is 46.1 Å². The molecule has 2 rings (SSSR count). The maximum absolute atomic E-state index is 12.3. The van der Waals surface area contributed by atoms with Crippen molar-refractivity contribution in [1.82, 2.24) is 0 Å². The number of hydrogen-bond donors (Lipinski definition) is 0. The van der Waals surface area contributed by atoms with E-state index < -0.39 is 11.9 Å². The molecule has 0 atom stereocenters. The summed E-state index contributed by atoms with van der Waals surface area (Å²) in [5, 5.41) is 0.348. The van der Waals surface area contributed by atoms with Gasteiger partial charge in [-0.2, -0.15) is 0 Å². The fourth-order valence-corrected chi connectivity index (χ4v) is 3.28. The number of ether oxygens (including phenoxy) is 4. The second-order valence-corrected chi connectivity index (χ2v) is 6.15. The van der Waals surface area contributed by atoms with E-state index >= 15 is 0 Å². The standard InChI is InChI=1S/C16H17BrClNO6/c1-4-25-14-11(17)5-9(6-12(14)18)19-8-24-7-10(15(20)22-2)13(19)16(21)23-3/h5-6H,4,7-8H2,1-3H3. The monoisotopic (exact) mass is 433 g/mol. The summed E-state index contributed by atoms with van der Waals surface area (Å²) >= 11 is 9.67. The predicted octanol–water partition coefficient (Wildman–Crippen LogP) is 2.90. The minimum Gasteiger partial charge on any atom is -0.491 e. The molecule has 1 aliphatic rings. The Balaban J connectivity index is 2.56. The van der Waals surface area contributed by atoms with E-state index in [2.05, 4.69) is 15.9 Å². The van der Waals surface area contributed by atoms with Crippen LogP contribution in [0.1, 0.15) is 6.92 Å². The van der Waals surface area contributed by atoms with Crippen LogP contribution >= 0.6 is 27.5 Å². The van der Waals surface area contributed by atoms with Crippen molar-refractivity contribution in [3.8, 4) is 5.75 Å². The quantitative estimate of drug-likeness (QED) is 0.660. The number of carbonyl (C=O) groups excluding carboxylic acids is 2. The van der Waals surface area contributed by atoms with Crippen molar-refractivity contribution < 1.29 is 28.5 Å². The summed E-state index contributed by atoms with van der Waals surface area (Å²) < 4.78 is 21.1. The molecular formula is C16H17BrClNO6. The van der Waals surface area contributed by atoms with Crippen molar-refractivity contribution in [3.05, 3.63) is 32.9 Å². The first-order valence-corrected chi connectivity index (χ1v) is 8.48. The number of carbonyl (C=O) groups is 2. The van der Waals surface area contributed by atoms with Crippen LogP contribution in [0.3, 0.4) is 0 Å². The molecule has 0 radical (unpaired) electrons. The predicted molar refractivity (Wildman–Crippen MR) is 94.7 cm³/mol. The van der Waals surface area contributed by atoms with E-state index in [1.165, 1.54) is 19.1 Å². The smallest absolute Gasteiger partial charge is 0.355 e. The summed E-state index contributed by atoms with van der Waals surface area (Å²) in [6.07, 6.45) is 0. The number of nitrogens with zero attached hydrogens (tertiary/aromatic N) is 1. The molecule has 1 heterocycles. The van der Waals surface area contributed by atoms with Crippen LogP contribution in [0.2, 0.25) is 5.02 Å². The van der Waals surface area contributed by atoms with Crippen LogP contribution in [-0.2, 0) is 23.8 Å². The zero-order valence-corrected chi connectivity index (χ0v) is 16.3. The Morgan fingerprint density at radius 2 is 1.96 bits per heavy atom. The Kier molecular flexibility index (Phi) is 6.69. The van der Waals surface area contributed by atoms with Gasteiger partial charge in [0.2, 0.25) is 0 Å². The molecule has 0 saturated carbocycles. The van der Waals surface area contributed by atoms with Crippen LogP contribution < -0.4 is 9.64 Å². The zero-order chi connectivity index (χ0) is 18.6. The fraction of sp³-hybridized carbons (Fsp3) is 0.375. The van der Waals surface area contributed by atoms with E-state index in [0.29, 0.717) is 27.5 Å². The van der Waals surface area contributed by atoms with Gasteiger partial charge in [-0.15, -0.1) is 0 Å². The topological polar surface area (TPSA) is 74.3 Å². The molecule has 0 spiro atoms. The van der Waals surface area contributed by atoms with E-state index in [1.807, 2.05) is 6.92 Å². The van der Waals surface area contributed by atoms with Crippen molar-refractivity contribution in [1.29, 1.82) is 0 Å². The van der Waals surface area contributed by atoms with Crippen molar-refractivity contribution in [2.24, 2.45) is 0 Å². The molecule has 9 heteroatoms. The van der Waals surface area contributed by atoms with Crippen LogP contribution in [0, 0.1) is 0 Å². The zero-order valence-electron chi connectivity index (χ0n) is 13.9. The summed E-state index contributed by atoms with van der Waals surface area (Å²) in [4.78, 5) is 25.8. The molecule has 0 aliphatic carbocycles. The van der Waals surface area contributed by atoms with Gasteiger partial charge in [0.15, 0.2) is 5.75 Å². The molecule has 0 amide bonds. The van der Waals surface area contributed by atoms with Gasteiger partial charge in [0.25, 0.3) is 0 Å². The van der Waals surface area contributed by atoms with Gasteiger partial charge >= 0.3 is 11.9 Å². The normalized spacial score (nSPS) is 14.4. The number of anilines is 1. The lowest BCUT2D eigenvalue weighted by Gasteiger charge is -2.31. The van der Waals surface area contributed by atoms with E-state index in [9.17, 15) is 9.59 Å². The third kappa shape index (κ3) is 4.08. The molecule has 7 nitrogen and oxygen atoms in total. The number of halogens is 2. The second kappa shape index (κ2) is 8.55. The van der Waals surface area contributed by atoms with Crippen molar-refractivity contribution in [3.63, 3.8) is 0 Å². The SMILES string of the molecule is CCOc1c(Cl)cc(N2COCC(C(=O)OC)=C2C(=O)OC)cc1Br. The Hall–Kier alpha value is -1.77. The van der Waals surface area contributed by atoms with Crippen molar-refractivity contribution in [2.45, 2.75) is 6.92 Å². The third-order valence-electron chi connectivity index (χ3n) is 3.42. The molecule has 0 saturated heterocycles. The van der Waals surface area contributed by atoms with Gasteiger partial charge in [-0.25, -0.2) is 9.59 Å². The molecule has 1 aromatic rings. The fourth-order valence-electron chi connectivity index (χ4n) is 2.33. The van der Waals surface area contributed by atoms with Gasteiger partial charge in [-0.05, 0) is 35.0 Å². The number of methoxy groups -OCH3 is 2. The maximum atomic E-state index is 12.3. The van der Waals surface area contributed by atoms with Gasteiger partial charge in [0.1, 0.15) is 12.4 Å². The second-order valence-electron chi connectivity index (χ2n) is 4.89. The molecule has 25 heavy (non-hydrogen) atoms. The Morgan fingerprint density at radius 1 is 1.28 bits per heavy atom. The van der Waals surface area contributed by atoms with Crippen LogP contribution in [0.15, 0.2) is 27.9 Å². The van der Waals surface area contributed by atoms with Gasteiger partial charge in [0, 0.05) is 5.69 Å². The third-order valence-corrected chi connectivity index (χ3v) is 4.29. The molecule has 0 unspecified atom stereocenters. The van der Waals surface area contributed by atoms with Crippen LogP contribution in [0.5, 0.6) is 5.75 Å². The Bertz CT molecular complexity index is 698. The van der Waals surface area contributed by atoms with E-state index in [4.69, 9.17) is 30.5 Å². The average Bonchev–Trinajstić information content (AvgIpc) is 2.62. The lowest BCUT2D eigenvalue weighted by atomic mass is 10.1. The van der Waals surface area contributed by atoms with Crippen molar-refractivity contribution >= 4 is 45.2 Å². The highest BCUT2D eigenvalue weighted by molar-refractivity contribution is 9.10. The molecule has 0 aromatic heterocycles. The van der Waals surface area contributed by atoms with E-state index in [-0.39, 0.29) is 24.6 Å². The van der Waals surface area contributed by atoms with Gasteiger partial charge in [0.05, 0.1) is 42.5 Å². The average molecular weight is 435 g/mol. The lowest BCUT2D eigenvalue weighted by molar-refractivity contribution is -0.140. The molecule has 0 fully saturated rings. The highest BCUT2D eigenvalue weighted by Crippen LogP contribution is 2.39. The van der Waals surface area contributed by atoms with Gasteiger partial charge < -0.3 is 23.8 Å². The Morgan fingerprint density at radius 3 is 2.52 bits per heavy atom. The van der Waals surface area contributed by atoms with Crippen molar-refractivity contribution in [2.75, 3.05) is 39.1 Å². The summed E-state index contributed by atoms with van der Waals surface area (Å²) in [6.45, 7) is 2.28. The summed E-state index contributed by atoms with van der Waals surface area (Å²) in [5.41, 5.74) is 0.649. The number of benzene rings is 1. The van der Waals surface area contributed by atoms with Crippen LogP contribution in [0.4, 0.5) is 5.69 Å². The first kappa shape index (κ1) is 19.6. The molecule has 0 bridgehead atoms. The Labute approximate surface area is 158 Å². The molecule has 1 aliphatic heterocycles. The summed E-state index contributed by atoms with van der Waals surface area (Å²) in [7, 11) is 2.46. The molecule has 0 N–H and O–H groups in total. The highest BCUT2D eigenvalue weighted by atomic mass is 79.9. The maximum Gasteiger partial charge on any atom is 0.355 e. The largest absolute Gasteiger partial charge is 0.491 e. The molecular weight excluding hydrogens is 418 g/mol. The van der Waals surface area contributed by atoms with E-state index in [0.717, 1.165) is 0 Å².